The topological polar surface area (TPSA) is 85.7 Å². The number of pyridine rings is 1. The van der Waals surface area contributed by atoms with Crippen LogP contribution in [0.15, 0.2) is 6.07 Å². The molecule has 0 amide bonds. The number of nitrogens with zero attached hydrogens (tertiary/aromatic N) is 2. The number of aromatic carboxylic acids is 1. The van der Waals surface area contributed by atoms with Gasteiger partial charge < -0.3 is 20.4 Å². The largest absolute Gasteiger partial charge is 0.478 e. The monoisotopic (exact) mass is 331 g/mol. The minimum Gasteiger partial charge on any atom is -0.478 e. The smallest absolute Gasteiger partial charge is 0.339 e. The second-order valence-electron chi connectivity index (χ2n) is 7.49. The van der Waals surface area contributed by atoms with Crippen molar-refractivity contribution in [1.29, 1.82) is 0 Å². The molecule has 0 saturated carbocycles. The number of carboxylic acid groups (broad SMARTS) is 1. The van der Waals surface area contributed by atoms with Crippen LogP contribution in [-0.2, 0) is 12.8 Å². The molecular formula is C18H25N3O3. The van der Waals surface area contributed by atoms with Crippen LogP contribution in [0.2, 0.25) is 0 Å². The van der Waals surface area contributed by atoms with Gasteiger partial charge in [0.05, 0.1) is 6.10 Å². The summed E-state index contributed by atoms with van der Waals surface area (Å²) < 4.78 is 0. The van der Waals surface area contributed by atoms with E-state index in [0.717, 1.165) is 69.4 Å². The molecule has 0 aromatic carbocycles. The molecule has 3 heterocycles. The van der Waals surface area contributed by atoms with Gasteiger partial charge in [0.25, 0.3) is 0 Å². The van der Waals surface area contributed by atoms with Crippen molar-refractivity contribution in [3.05, 3.63) is 22.9 Å². The van der Waals surface area contributed by atoms with Crippen LogP contribution >= 0.6 is 0 Å². The van der Waals surface area contributed by atoms with Crippen molar-refractivity contribution in [2.24, 2.45) is 5.41 Å². The number of aliphatic hydroxyl groups excluding tert-OH is 1. The number of hydrogen-bond donors (Lipinski definition) is 3. The highest BCUT2D eigenvalue weighted by atomic mass is 16.4. The van der Waals surface area contributed by atoms with Crippen LogP contribution in [0.1, 0.15) is 47.3 Å². The van der Waals surface area contributed by atoms with Crippen molar-refractivity contribution >= 4 is 11.8 Å². The molecule has 0 bridgehead atoms. The number of fused-ring (bicyclic) bond motifs is 1. The van der Waals surface area contributed by atoms with Gasteiger partial charge in [-0.15, -0.1) is 0 Å². The van der Waals surface area contributed by atoms with Gasteiger partial charge in [-0.1, -0.05) is 0 Å². The van der Waals surface area contributed by atoms with Crippen molar-refractivity contribution in [3.8, 4) is 0 Å². The van der Waals surface area contributed by atoms with Gasteiger partial charge in [0.1, 0.15) is 11.4 Å². The van der Waals surface area contributed by atoms with Crippen LogP contribution in [0.5, 0.6) is 0 Å². The number of rotatable bonds is 2. The molecule has 2 aliphatic heterocycles. The number of carboxylic acids is 1. The molecule has 1 aromatic rings. The maximum Gasteiger partial charge on any atom is 0.339 e. The Morgan fingerprint density at radius 1 is 1.38 bits per heavy atom. The van der Waals surface area contributed by atoms with E-state index in [4.69, 9.17) is 4.98 Å². The number of carbonyl (C=O) groups is 1. The Hall–Kier alpha value is -1.66. The normalized spacial score (nSPS) is 29.7. The zero-order valence-electron chi connectivity index (χ0n) is 13.9. The predicted molar refractivity (Wildman–Crippen MR) is 90.6 cm³/mol. The van der Waals surface area contributed by atoms with Crippen molar-refractivity contribution in [2.45, 2.75) is 44.6 Å². The summed E-state index contributed by atoms with van der Waals surface area (Å²) in [6, 6.07) is 1.82. The highest BCUT2D eigenvalue weighted by Crippen LogP contribution is 2.39. The fourth-order valence-corrected chi connectivity index (χ4v) is 4.62. The first-order chi connectivity index (χ1) is 11.6. The second-order valence-corrected chi connectivity index (χ2v) is 7.49. The summed E-state index contributed by atoms with van der Waals surface area (Å²) in [7, 11) is 0. The van der Waals surface area contributed by atoms with Crippen LogP contribution in [0.3, 0.4) is 0 Å². The van der Waals surface area contributed by atoms with Gasteiger partial charge in [-0.2, -0.15) is 0 Å². The molecule has 1 aromatic heterocycles. The quantitative estimate of drug-likeness (QED) is 0.755. The average molecular weight is 331 g/mol. The van der Waals surface area contributed by atoms with Gasteiger partial charge in [-0.3, -0.25) is 0 Å². The lowest BCUT2D eigenvalue weighted by Gasteiger charge is -2.48. The zero-order valence-corrected chi connectivity index (χ0v) is 13.9. The van der Waals surface area contributed by atoms with Gasteiger partial charge in [-0.25, -0.2) is 9.78 Å². The number of hydrogen-bond acceptors (Lipinski definition) is 5. The van der Waals surface area contributed by atoms with E-state index in [1.54, 1.807) is 0 Å². The number of nitrogens with one attached hydrogen (secondary N) is 1. The van der Waals surface area contributed by atoms with Gasteiger partial charge in [0, 0.05) is 30.7 Å². The van der Waals surface area contributed by atoms with Gasteiger partial charge in [0.15, 0.2) is 0 Å². The molecule has 2 atom stereocenters. The lowest BCUT2D eigenvalue weighted by Crippen LogP contribution is -2.58. The van der Waals surface area contributed by atoms with Crippen molar-refractivity contribution in [3.63, 3.8) is 0 Å². The molecule has 3 aliphatic rings. The Labute approximate surface area is 141 Å². The van der Waals surface area contributed by atoms with Crippen molar-refractivity contribution < 1.29 is 15.0 Å². The molecule has 2 fully saturated rings. The summed E-state index contributed by atoms with van der Waals surface area (Å²) in [6.45, 7) is 3.12. The van der Waals surface area contributed by atoms with Crippen LogP contribution in [-0.4, -0.2) is 53.4 Å². The van der Waals surface area contributed by atoms with Crippen LogP contribution in [0.4, 0.5) is 5.82 Å². The third kappa shape index (κ3) is 2.58. The molecule has 1 spiro atoms. The average Bonchev–Trinajstić information content (AvgIpc) is 3.04. The Balaban J connectivity index is 1.69. The molecule has 0 radical (unpaired) electrons. The zero-order chi connectivity index (χ0) is 16.7. The lowest BCUT2D eigenvalue weighted by atomic mass is 9.72. The fraction of sp³-hybridized carbons (Fsp3) is 0.667. The summed E-state index contributed by atoms with van der Waals surface area (Å²) in [6.07, 6.45) is 5.28. The summed E-state index contributed by atoms with van der Waals surface area (Å²) >= 11 is 0. The molecule has 6 nitrogen and oxygen atoms in total. The Morgan fingerprint density at radius 2 is 2.25 bits per heavy atom. The maximum atomic E-state index is 11.8. The third-order valence-electron chi connectivity index (χ3n) is 5.95. The van der Waals surface area contributed by atoms with Gasteiger partial charge in [-0.05, 0) is 56.7 Å². The standard InChI is InChI=1S/C18H25N3O3/c22-15-5-7-19-10-18(15)6-2-8-21(11-18)16-13(17(23)24)9-12-3-1-4-14(12)20-16/h9,15,19,22H,1-8,10-11H2,(H,23,24)/t15-,18-/m0/s1. The lowest BCUT2D eigenvalue weighted by molar-refractivity contribution is -0.0102. The first-order valence-corrected chi connectivity index (χ1v) is 8.99. The molecular weight excluding hydrogens is 306 g/mol. The molecule has 130 valence electrons. The molecule has 3 N–H and O–H groups in total. The van der Waals surface area contributed by atoms with Gasteiger partial charge in [0.2, 0.25) is 0 Å². The minimum absolute atomic E-state index is 0.188. The summed E-state index contributed by atoms with van der Waals surface area (Å²) in [5.41, 5.74) is 2.26. The highest BCUT2D eigenvalue weighted by Gasteiger charge is 2.44. The number of aliphatic hydroxyl groups is 1. The second kappa shape index (κ2) is 6.01. The summed E-state index contributed by atoms with van der Waals surface area (Å²) in [5, 5.41) is 23.6. The van der Waals surface area contributed by atoms with Crippen LogP contribution < -0.4 is 10.2 Å². The number of aryl methyl sites for hydroxylation is 2. The number of piperidine rings is 2. The minimum atomic E-state index is -0.908. The number of anilines is 1. The van der Waals surface area contributed by atoms with Crippen LogP contribution in [0.25, 0.3) is 0 Å². The molecule has 0 unspecified atom stereocenters. The maximum absolute atomic E-state index is 11.8. The highest BCUT2D eigenvalue weighted by molar-refractivity contribution is 5.93. The Kier molecular flexibility index (Phi) is 3.96. The molecule has 6 heteroatoms. The van der Waals surface area contributed by atoms with E-state index in [-0.39, 0.29) is 11.5 Å². The van der Waals surface area contributed by atoms with E-state index in [1.807, 2.05) is 6.07 Å². The Bertz CT molecular complexity index is 659. The van der Waals surface area contributed by atoms with E-state index in [0.29, 0.717) is 17.9 Å². The first kappa shape index (κ1) is 15.8. The third-order valence-corrected chi connectivity index (χ3v) is 5.95. The van der Waals surface area contributed by atoms with Crippen molar-refractivity contribution in [1.82, 2.24) is 10.3 Å². The molecule has 2 saturated heterocycles. The molecule has 1 aliphatic carbocycles. The summed E-state index contributed by atoms with van der Waals surface area (Å²) in [5.74, 6) is -0.311. The van der Waals surface area contributed by atoms with E-state index in [2.05, 4.69) is 10.2 Å². The molecule has 4 rings (SSSR count). The predicted octanol–water partition coefficient (Wildman–Crippen LogP) is 1.21. The SMILES string of the molecule is O=C(O)c1cc2c(nc1N1CCC[C@]3(CNCC[C@@H]3O)C1)CCC2. The van der Waals surface area contributed by atoms with Crippen LogP contribution in [0, 0.1) is 5.41 Å². The van der Waals surface area contributed by atoms with E-state index in [9.17, 15) is 15.0 Å². The fourth-order valence-electron chi connectivity index (χ4n) is 4.62. The van der Waals surface area contributed by atoms with E-state index < -0.39 is 5.97 Å². The summed E-state index contributed by atoms with van der Waals surface area (Å²) in [4.78, 5) is 18.6. The number of aromatic nitrogens is 1. The Morgan fingerprint density at radius 3 is 3.04 bits per heavy atom. The van der Waals surface area contributed by atoms with Gasteiger partial charge >= 0.3 is 5.97 Å². The van der Waals surface area contributed by atoms with E-state index >= 15 is 0 Å². The first-order valence-electron chi connectivity index (χ1n) is 8.99. The van der Waals surface area contributed by atoms with Crippen molar-refractivity contribution in [2.75, 3.05) is 31.1 Å². The molecule has 24 heavy (non-hydrogen) atoms. The van der Waals surface area contributed by atoms with E-state index in [1.165, 1.54) is 0 Å².